The highest BCUT2D eigenvalue weighted by molar-refractivity contribution is 9.10. The fourth-order valence-corrected chi connectivity index (χ4v) is 2.58. The van der Waals surface area contributed by atoms with Crippen LogP contribution in [0.4, 0.5) is 8.78 Å². The quantitative estimate of drug-likeness (QED) is 0.862. The number of hydrogen-bond donors (Lipinski definition) is 1. The summed E-state index contributed by atoms with van der Waals surface area (Å²) in [5.74, 6) is -0.794. The minimum Gasteiger partial charge on any atom is -0.324 e. The largest absolute Gasteiger partial charge is 0.324 e. The van der Waals surface area contributed by atoms with Gasteiger partial charge in [0, 0.05) is 21.1 Å². The summed E-state index contributed by atoms with van der Waals surface area (Å²) in [6.07, 6.45) is 0.210. The molecule has 0 radical (unpaired) electrons. The molecule has 2 aromatic carbocycles. The fourth-order valence-electron chi connectivity index (χ4n) is 1.85. The maximum Gasteiger partial charge on any atom is 0.127 e. The molecular weight excluding hydrogens is 336 g/mol. The van der Waals surface area contributed by atoms with Gasteiger partial charge in [-0.1, -0.05) is 33.6 Å². The van der Waals surface area contributed by atoms with Crippen LogP contribution in [0, 0.1) is 11.6 Å². The molecule has 0 spiro atoms. The third-order valence-electron chi connectivity index (χ3n) is 2.80. The summed E-state index contributed by atoms with van der Waals surface area (Å²) < 4.78 is 27.6. The SMILES string of the molecule is NC(Cc1c(F)cccc1Cl)c1cc(F)cc(Br)c1. The monoisotopic (exact) mass is 345 g/mol. The van der Waals surface area contributed by atoms with E-state index >= 15 is 0 Å². The van der Waals surface area contributed by atoms with E-state index in [1.165, 1.54) is 24.3 Å². The zero-order chi connectivity index (χ0) is 14.0. The normalized spacial score (nSPS) is 12.5. The van der Waals surface area contributed by atoms with Crippen LogP contribution in [0.25, 0.3) is 0 Å². The van der Waals surface area contributed by atoms with Gasteiger partial charge in [0.15, 0.2) is 0 Å². The molecule has 19 heavy (non-hydrogen) atoms. The van der Waals surface area contributed by atoms with Gasteiger partial charge in [0.25, 0.3) is 0 Å². The average molecular weight is 347 g/mol. The number of benzene rings is 2. The second-order valence-corrected chi connectivity index (χ2v) is 5.54. The van der Waals surface area contributed by atoms with Crippen molar-refractivity contribution < 1.29 is 8.78 Å². The third kappa shape index (κ3) is 3.53. The molecule has 1 nitrogen and oxygen atoms in total. The second-order valence-electron chi connectivity index (χ2n) is 4.21. The summed E-state index contributed by atoms with van der Waals surface area (Å²) in [6, 6.07) is 8.33. The highest BCUT2D eigenvalue weighted by Gasteiger charge is 2.14. The van der Waals surface area contributed by atoms with Crippen LogP contribution < -0.4 is 5.73 Å². The van der Waals surface area contributed by atoms with E-state index in [0.717, 1.165) is 0 Å². The van der Waals surface area contributed by atoms with Gasteiger partial charge in [-0.05, 0) is 42.3 Å². The van der Waals surface area contributed by atoms with Crippen molar-refractivity contribution in [3.05, 3.63) is 68.7 Å². The smallest absolute Gasteiger partial charge is 0.127 e. The molecule has 0 aliphatic rings. The van der Waals surface area contributed by atoms with Crippen molar-refractivity contribution in [1.82, 2.24) is 0 Å². The first-order valence-corrected chi connectivity index (χ1v) is 6.79. The minimum atomic E-state index is -0.526. The van der Waals surface area contributed by atoms with Gasteiger partial charge in [-0.25, -0.2) is 8.78 Å². The van der Waals surface area contributed by atoms with Gasteiger partial charge < -0.3 is 5.73 Å². The molecule has 5 heteroatoms. The summed E-state index contributed by atoms with van der Waals surface area (Å²) in [6.45, 7) is 0. The second kappa shape index (κ2) is 5.99. The average Bonchev–Trinajstić information content (AvgIpc) is 2.32. The Balaban J connectivity index is 2.28. The molecule has 0 bridgehead atoms. The topological polar surface area (TPSA) is 26.0 Å². The van der Waals surface area contributed by atoms with Crippen molar-refractivity contribution >= 4 is 27.5 Å². The highest BCUT2D eigenvalue weighted by atomic mass is 79.9. The lowest BCUT2D eigenvalue weighted by atomic mass is 9.99. The van der Waals surface area contributed by atoms with E-state index in [1.807, 2.05) is 0 Å². The Labute approximate surface area is 123 Å². The molecule has 0 aliphatic carbocycles. The first-order valence-electron chi connectivity index (χ1n) is 5.62. The summed E-state index contributed by atoms with van der Waals surface area (Å²) >= 11 is 9.14. The predicted molar refractivity (Wildman–Crippen MR) is 76.1 cm³/mol. The van der Waals surface area contributed by atoms with Crippen LogP contribution in [0.2, 0.25) is 5.02 Å². The standard InChI is InChI=1S/C14H11BrClF2N/c15-9-4-8(5-10(17)6-9)14(19)7-11-12(16)2-1-3-13(11)18/h1-6,14H,7,19H2. The molecule has 2 rings (SSSR count). The fraction of sp³-hybridized carbons (Fsp3) is 0.143. The third-order valence-corrected chi connectivity index (χ3v) is 3.61. The van der Waals surface area contributed by atoms with E-state index in [4.69, 9.17) is 17.3 Å². The van der Waals surface area contributed by atoms with Gasteiger partial charge in [0.2, 0.25) is 0 Å². The molecular formula is C14H11BrClF2N. The highest BCUT2D eigenvalue weighted by Crippen LogP contribution is 2.26. The zero-order valence-electron chi connectivity index (χ0n) is 9.84. The van der Waals surface area contributed by atoms with E-state index < -0.39 is 11.9 Å². The summed E-state index contributed by atoms with van der Waals surface area (Å²) in [5.41, 5.74) is 6.92. The molecule has 0 amide bonds. The lowest BCUT2D eigenvalue weighted by Crippen LogP contribution is -2.14. The Morgan fingerprint density at radius 2 is 1.95 bits per heavy atom. The van der Waals surface area contributed by atoms with Gasteiger partial charge in [0.05, 0.1) is 0 Å². The summed E-state index contributed by atoms with van der Waals surface area (Å²) in [7, 11) is 0. The van der Waals surface area contributed by atoms with Crippen LogP contribution in [0.3, 0.4) is 0 Å². The van der Waals surface area contributed by atoms with Crippen molar-refractivity contribution in [3.8, 4) is 0 Å². The lowest BCUT2D eigenvalue weighted by molar-refractivity contribution is 0.589. The van der Waals surface area contributed by atoms with Gasteiger partial charge in [-0.15, -0.1) is 0 Å². The van der Waals surface area contributed by atoms with Crippen LogP contribution in [0.1, 0.15) is 17.2 Å². The molecule has 0 saturated carbocycles. The number of halogens is 4. The molecule has 0 aromatic heterocycles. The molecule has 0 saturated heterocycles. The van der Waals surface area contributed by atoms with E-state index in [-0.39, 0.29) is 12.2 Å². The predicted octanol–water partition coefficient (Wildman–Crippen LogP) is 4.62. The minimum absolute atomic E-state index is 0.210. The Bertz CT molecular complexity index is 563. The van der Waals surface area contributed by atoms with Gasteiger partial charge in [0.1, 0.15) is 11.6 Å². The van der Waals surface area contributed by atoms with Crippen LogP contribution >= 0.6 is 27.5 Å². The van der Waals surface area contributed by atoms with Crippen molar-refractivity contribution in [2.45, 2.75) is 12.5 Å². The molecule has 0 fully saturated rings. The number of rotatable bonds is 3. The van der Waals surface area contributed by atoms with E-state index in [0.29, 0.717) is 20.6 Å². The van der Waals surface area contributed by atoms with Crippen molar-refractivity contribution in [3.63, 3.8) is 0 Å². The van der Waals surface area contributed by atoms with Gasteiger partial charge >= 0.3 is 0 Å². The van der Waals surface area contributed by atoms with Crippen LogP contribution in [-0.2, 0) is 6.42 Å². The number of hydrogen-bond acceptors (Lipinski definition) is 1. The maximum absolute atomic E-state index is 13.7. The Morgan fingerprint density at radius 3 is 2.58 bits per heavy atom. The van der Waals surface area contributed by atoms with Crippen LogP contribution in [0.5, 0.6) is 0 Å². The van der Waals surface area contributed by atoms with Gasteiger partial charge in [-0.3, -0.25) is 0 Å². The van der Waals surface area contributed by atoms with Crippen molar-refractivity contribution in [1.29, 1.82) is 0 Å². The van der Waals surface area contributed by atoms with Crippen molar-refractivity contribution in [2.75, 3.05) is 0 Å². The molecule has 100 valence electrons. The summed E-state index contributed by atoms with van der Waals surface area (Å²) in [5, 5.41) is 0.325. The van der Waals surface area contributed by atoms with E-state index in [1.54, 1.807) is 12.1 Å². The zero-order valence-corrected chi connectivity index (χ0v) is 12.2. The Kier molecular flexibility index (Phi) is 4.55. The first kappa shape index (κ1) is 14.4. The Hall–Kier alpha value is -0.970. The van der Waals surface area contributed by atoms with Crippen LogP contribution in [0.15, 0.2) is 40.9 Å². The maximum atomic E-state index is 13.7. The van der Waals surface area contributed by atoms with E-state index in [9.17, 15) is 8.78 Å². The van der Waals surface area contributed by atoms with Gasteiger partial charge in [-0.2, -0.15) is 0 Å². The van der Waals surface area contributed by atoms with Crippen LogP contribution in [-0.4, -0.2) is 0 Å². The molecule has 0 aliphatic heterocycles. The lowest BCUT2D eigenvalue weighted by Gasteiger charge is -2.14. The van der Waals surface area contributed by atoms with E-state index in [2.05, 4.69) is 15.9 Å². The molecule has 2 N–H and O–H groups in total. The summed E-state index contributed by atoms with van der Waals surface area (Å²) in [4.78, 5) is 0. The molecule has 1 unspecified atom stereocenters. The first-order chi connectivity index (χ1) is 8.97. The number of nitrogens with two attached hydrogens (primary N) is 1. The Morgan fingerprint density at radius 1 is 1.21 bits per heavy atom. The molecule has 0 heterocycles. The molecule has 1 atom stereocenters. The molecule has 2 aromatic rings. The van der Waals surface area contributed by atoms with Crippen molar-refractivity contribution in [2.24, 2.45) is 5.73 Å².